The average molecular weight is 974 g/mol. The largest absolute Gasteiger partial charge is 0.309 e. The van der Waals surface area contributed by atoms with E-state index in [2.05, 4.69) is 258 Å². The minimum Gasteiger partial charge on any atom is -0.309 e. The lowest BCUT2D eigenvalue weighted by molar-refractivity contribution is 1.06. The number of hydrogen-bond acceptors (Lipinski definition) is 3. The van der Waals surface area contributed by atoms with Crippen LogP contribution in [0.2, 0.25) is 0 Å². The zero-order chi connectivity index (χ0) is 49.7. The Balaban J connectivity index is 1.03. The van der Waals surface area contributed by atoms with Gasteiger partial charge in [0, 0.05) is 43.9 Å². The highest BCUT2D eigenvalue weighted by Gasteiger charge is 2.41. The fourth-order valence-corrected chi connectivity index (χ4v) is 16.4. The van der Waals surface area contributed by atoms with Gasteiger partial charge in [0.2, 0.25) is 0 Å². The van der Waals surface area contributed by atoms with Gasteiger partial charge < -0.3 is 9.13 Å². The number of para-hydroxylation sites is 3. The normalized spacial score (nSPS) is 11.7. The van der Waals surface area contributed by atoms with Gasteiger partial charge in [0.05, 0.1) is 27.8 Å². The van der Waals surface area contributed by atoms with Crippen LogP contribution in [0.3, 0.4) is 0 Å². The molecule has 0 amide bonds. The summed E-state index contributed by atoms with van der Waals surface area (Å²) >= 11 is 0. The maximum absolute atomic E-state index is 5.35. The Morgan fingerprint density at radius 2 is 0.653 bits per heavy atom. The highest BCUT2D eigenvalue weighted by atomic mass is 28.3. The molecule has 0 aliphatic heterocycles. The Kier molecular flexibility index (Phi) is 10.8. The van der Waals surface area contributed by atoms with Gasteiger partial charge in [0.25, 0.3) is 0 Å². The van der Waals surface area contributed by atoms with E-state index in [1.807, 2.05) is 36.4 Å². The number of rotatable bonds is 10. The molecule has 0 aliphatic carbocycles. The lowest BCUT2D eigenvalue weighted by Crippen LogP contribution is -2.74. The van der Waals surface area contributed by atoms with E-state index in [-0.39, 0.29) is 0 Å². The second kappa shape index (κ2) is 18.4. The first-order chi connectivity index (χ1) is 37.2. The van der Waals surface area contributed by atoms with Crippen LogP contribution < -0.4 is 20.7 Å². The van der Waals surface area contributed by atoms with Crippen LogP contribution in [-0.4, -0.2) is 32.2 Å². The summed E-state index contributed by atoms with van der Waals surface area (Å²) in [6.45, 7) is 0. The summed E-state index contributed by atoms with van der Waals surface area (Å²) in [5, 5.41) is 10.1. The van der Waals surface area contributed by atoms with Gasteiger partial charge >= 0.3 is 0 Å². The highest BCUT2D eigenvalue weighted by Crippen LogP contribution is 2.40. The van der Waals surface area contributed by atoms with Crippen LogP contribution in [0, 0.1) is 0 Å². The monoisotopic (exact) mass is 973 g/mol. The SMILES string of the molecule is c1ccc(-c2nc(-c3ccccc3)nc(-c3ccc(-c4cccc([Si](c5ccccc5)(c5ccccc5)c5ccccc5)c4)cc3-n3c4ccccc4c4cc(-n5c6ccccc6c6ccccc65)ccc43)n2)cc1. The second-order valence-corrected chi connectivity index (χ2v) is 22.9. The topological polar surface area (TPSA) is 48.5 Å². The molecule has 0 N–H and O–H groups in total. The van der Waals surface area contributed by atoms with Gasteiger partial charge in [-0.15, -0.1) is 0 Å². The second-order valence-electron chi connectivity index (χ2n) is 19.1. The van der Waals surface area contributed by atoms with Gasteiger partial charge in [-0.25, -0.2) is 15.0 Å². The quantitative estimate of drug-likeness (QED) is 0.101. The van der Waals surface area contributed by atoms with Crippen LogP contribution in [0.25, 0.3) is 100 Å². The van der Waals surface area contributed by atoms with Crippen LogP contribution in [0.1, 0.15) is 0 Å². The fraction of sp³-hybridized carbons (Fsp3) is 0. The Morgan fingerprint density at radius 1 is 0.253 bits per heavy atom. The molecule has 0 spiro atoms. The molecule has 11 aromatic carbocycles. The molecule has 75 heavy (non-hydrogen) atoms. The standard InChI is InChI=1S/C69H47N5Si/c1-6-23-48(24-7-1)67-70-68(49-25-8-2-9-26-49)72-69(71-67)60-43-41-51(50-27-22-34-56(45-50)75(53-28-10-3-11-29-53,54-30-12-4-13-31-54)55-32-14-5-15-33-55)46-66(60)74-64-40-21-18-37-59(64)61-47-52(42-44-65(61)74)73-62-38-19-16-35-57(62)58-36-17-20-39-63(58)73/h1-47H. The Morgan fingerprint density at radius 3 is 1.19 bits per heavy atom. The molecule has 14 rings (SSSR count). The van der Waals surface area contributed by atoms with E-state index in [1.54, 1.807) is 0 Å². The van der Waals surface area contributed by atoms with Crippen molar-refractivity contribution in [3.8, 4) is 56.7 Å². The zero-order valence-corrected chi connectivity index (χ0v) is 41.9. The van der Waals surface area contributed by atoms with E-state index in [4.69, 9.17) is 15.0 Å². The van der Waals surface area contributed by atoms with Crippen LogP contribution in [0.5, 0.6) is 0 Å². The first kappa shape index (κ1) is 44.0. The highest BCUT2D eigenvalue weighted by molar-refractivity contribution is 7.19. The predicted molar refractivity (Wildman–Crippen MR) is 314 cm³/mol. The van der Waals surface area contributed by atoms with Crippen molar-refractivity contribution in [1.82, 2.24) is 24.1 Å². The maximum atomic E-state index is 5.35. The zero-order valence-electron chi connectivity index (χ0n) is 40.9. The molecule has 5 nitrogen and oxygen atoms in total. The molecule has 0 unspecified atom stereocenters. The Bertz CT molecular complexity index is 4190. The third-order valence-electron chi connectivity index (χ3n) is 14.9. The minimum absolute atomic E-state index is 0.592. The van der Waals surface area contributed by atoms with E-state index in [0.717, 1.165) is 61.0 Å². The van der Waals surface area contributed by atoms with Crippen molar-refractivity contribution in [1.29, 1.82) is 0 Å². The van der Waals surface area contributed by atoms with Crippen molar-refractivity contribution in [3.05, 3.63) is 285 Å². The van der Waals surface area contributed by atoms with Crippen molar-refractivity contribution < 1.29 is 0 Å². The van der Waals surface area contributed by atoms with E-state index < -0.39 is 8.07 Å². The minimum atomic E-state index is -2.84. The van der Waals surface area contributed by atoms with Crippen molar-refractivity contribution in [2.45, 2.75) is 0 Å². The molecule has 0 saturated carbocycles. The van der Waals surface area contributed by atoms with Gasteiger partial charge in [0.1, 0.15) is 0 Å². The first-order valence-corrected chi connectivity index (χ1v) is 27.5. The molecule has 0 radical (unpaired) electrons. The molecule has 0 aliphatic rings. The smallest absolute Gasteiger partial charge is 0.179 e. The number of nitrogens with zero attached hydrogens (tertiary/aromatic N) is 5. The molecule has 3 aromatic heterocycles. The molecule has 352 valence electrons. The summed E-state index contributed by atoms with van der Waals surface area (Å²) in [6.07, 6.45) is 0. The summed E-state index contributed by atoms with van der Waals surface area (Å²) in [5.41, 5.74) is 11.5. The molecule has 0 saturated heterocycles. The summed E-state index contributed by atoms with van der Waals surface area (Å²) in [4.78, 5) is 15.8. The maximum Gasteiger partial charge on any atom is 0.179 e. The number of aromatic nitrogens is 5. The summed E-state index contributed by atoms with van der Waals surface area (Å²) < 4.78 is 4.83. The third kappa shape index (κ3) is 7.41. The third-order valence-corrected chi connectivity index (χ3v) is 19.7. The molecular formula is C69H47N5Si. The lowest BCUT2D eigenvalue weighted by atomic mass is 10.0. The van der Waals surface area contributed by atoms with Crippen molar-refractivity contribution in [2.24, 2.45) is 0 Å². The van der Waals surface area contributed by atoms with Crippen molar-refractivity contribution in [3.63, 3.8) is 0 Å². The van der Waals surface area contributed by atoms with Crippen LogP contribution in [0.4, 0.5) is 0 Å². The van der Waals surface area contributed by atoms with Crippen LogP contribution in [-0.2, 0) is 0 Å². The summed E-state index contributed by atoms with van der Waals surface area (Å²) in [6, 6.07) is 103. The van der Waals surface area contributed by atoms with E-state index in [0.29, 0.717) is 17.5 Å². The number of fused-ring (bicyclic) bond motifs is 6. The van der Waals surface area contributed by atoms with E-state index >= 15 is 0 Å². The average Bonchev–Trinajstić information content (AvgIpc) is 4.01. The predicted octanol–water partition coefficient (Wildman–Crippen LogP) is 14.1. The molecule has 14 aromatic rings. The number of hydrogen-bond donors (Lipinski definition) is 0. The van der Waals surface area contributed by atoms with E-state index in [1.165, 1.54) is 42.6 Å². The molecule has 0 fully saturated rings. The van der Waals surface area contributed by atoms with Gasteiger partial charge in [-0.2, -0.15) is 0 Å². The van der Waals surface area contributed by atoms with Crippen molar-refractivity contribution in [2.75, 3.05) is 0 Å². The summed E-state index contributed by atoms with van der Waals surface area (Å²) in [5.74, 6) is 1.82. The Labute approximate surface area is 436 Å². The van der Waals surface area contributed by atoms with Crippen LogP contribution in [0.15, 0.2) is 285 Å². The van der Waals surface area contributed by atoms with Gasteiger partial charge in [-0.3, -0.25) is 0 Å². The fourth-order valence-electron chi connectivity index (χ4n) is 11.6. The molecule has 6 heteroatoms. The van der Waals surface area contributed by atoms with Gasteiger partial charge in [0.15, 0.2) is 25.5 Å². The lowest BCUT2D eigenvalue weighted by Gasteiger charge is -2.34. The van der Waals surface area contributed by atoms with Gasteiger partial charge in [-0.1, -0.05) is 237 Å². The summed E-state index contributed by atoms with van der Waals surface area (Å²) in [7, 11) is -2.84. The molecule has 0 bridgehead atoms. The molecular weight excluding hydrogens is 927 g/mol. The molecule has 0 atom stereocenters. The van der Waals surface area contributed by atoms with Crippen molar-refractivity contribution >= 4 is 72.4 Å². The Hall–Kier alpha value is -9.75. The van der Waals surface area contributed by atoms with Gasteiger partial charge in [-0.05, 0) is 80.4 Å². The molecule has 3 heterocycles. The number of benzene rings is 11. The first-order valence-electron chi connectivity index (χ1n) is 25.5. The van der Waals surface area contributed by atoms with E-state index in [9.17, 15) is 0 Å². The van der Waals surface area contributed by atoms with Crippen LogP contribution >= 0.6 is 0 Å².